The van der Waals surface area contributed by atoms with E-state index < -0.39 is 5.97 Å². The smallest absolute Gasteiger partial charge is 1.00 e. The molecule has 0 aromatic carbocycles. The summed E-state index contributed by atoms with van der Waals surface area (Å²) < 4.78 is 0.853. The minimum absolute atomic E-state index is 0. The summed E-state index contributed by atoms with van der Waals surface area (Å²) >= 11 is 9.77. The van der Waals surface area contributed by atoms with Gasteiger partial charge in [-0.1, -0.05) is 12.2 Å². The van der Waals surface area contributed by atoms with E-state index in [4.69, 9.17) is 29.5 Å². The van der Waals surface area contributed by atoms with Crippen LogP contribution in [0, 0.1) is 9.41 Å². The van der Waals surface area contributed by atoms with E-state index in [0.29, 0.717) is 15.2 Å². The molecule has 1 aromatic heterocycles. The van der Waals surface area contributed by atoms with Crippen LogP contribution in [-0.4, -0.2) is 34.6 Å². The van der Waals surface area contributed by atoms with E-state index in [9.17, 15) is 4.79 Å². The molecule has 0 aliphatic carbocycles. The maximum atomic E-state index is 10.4. The van der Waals surface area contributed by atoms with Gasteiger partial charge < -0.3 is 22.8 Å². The van der Waals surface area contributed by atoms with Crippen molar-refractivity contribution in [1.82, 2.24) is 9.97 Å². The van der Waals surface area contributed by atoms with E-state index in [1.807, 2.05) is 0 Å². The molecule has 9 heteroatoms. The van der Waals surface area contributed by atoms with Crippen molar-refractivity contribution in [2.45, 2.75) is 0 Å². The molecule has 0 atom stereocenters. The van der Waals surface area contributed by atoms with Crippen LogP contribution in [0.1, 0.15) is 2.85 Å². The number of H-pyrrole nitrogens is 2. The van der Waals surface area contributed by atoms with E-state index in [-0.39, 0.29) is 68.5 Å². The fraction of sp³-hybridized carbons (Fsp3) is 0.286. The molecule has 0 saturated carbocycles. The summed E-state index contributed by atoms with van der Waals surface area (Å²) in [7, 11) is 1.64. The van der Waals surface area contributed by atoms with Crippen LogP contribution < -0.4 is 64.0 Å². The SMILES string of the molecule is CN(CC(=O)O)c1cc(=S)[nH]c(=S)[nH]1.[H-].[H-].[Na+].[Na+]. The second-order valence-corrected chi connectivity index (χ2v) is 3.57. The first kappa shape index (κ1) is 19.1. The number of aromatic amines is 2. The summed E-state index contributed by atoms with van der Waals surface area (Å²) in [6.45, 7) is -0.107. The van der Waals surface area contributed by atoms with Gasteiger partial charge in [-0.15, -0.1) is 0 Å². The quantitative estimate of drug-likeness (QED) is 0.385. The number of anilines is 1. The van der Waals surface area contributed by atoms with E-state index in [1.54, 1.807) is 13.1 Å². The first-order chi connectivity index (χ1) is 6.49. The Bertz CT molecular complexity index is 440. The first-order valence-corrected chi connectivity index (χ1v) is 4.57. The van der Waals surface area contributed by atoms with Crippen LogP contribution in [0.4, 0.5) is 5.82 Å². The Hall–Kier alpha value is 0.790. The molecule has 0 unspecified atom stereocenters. The van der Waals surface area contributed by atoms with E-state index in [2.05, 4.69) is 9.97 Å². The van der Waals surface area contributed by atoms with Gasteiger partial charge in [0.1, 0.15) is 17.0 Å². The number of carbonyl (C=O) groups is 1. The molecule has 0 amide bonds. The molecule has 0 fully saturated rings. The van der Waals surface area contributed by atoms with Crippen LogP contribution in [0.5, 0.6) is 0 Å². The third-order valence-corrected chi connectivity index (χ3v) is 1.95. The van der Waals surface area contributed by atoms with Gasteiger partial charge in [0.2, 0.25) is 0 Å². The number of likely N-dealkylation sites (N-methyl/N-ethyl adjacent to an activating group) is 1. The Morgan fingerprint density at radius 1 is 1.50 bits per heavy atom. The molecule has 0 saturated heterocycles. The summed E-state index contributed by atoms with van der Waals surface area (Å²) in [6, 6.07) is 1.62. The normalized spacial score (nSPS) is 8.56. The molecular formula is C7H11N3Na2O2S2. The third kappa shape index (κ3) is 6.51. The number of rotatable bonds is 3. The van der Waals surface area contributed by atoms with Gasteiger partial charge in [0.25, 0.3) is 0 Å². The average molecular weight is 279 g/mol. The topological polar surface area (TPSA) is 72.1 Å². The predicted octanol–water partition coefficient (Wildman–Crippen LogP) is -4.44. The van der Waals surface area contributed by atoms with Crippen molar-refractivity contribution in [3.63, 3.8) is 0 Å². The maximum absolute atomic E-state index is 10.4. The minimum Gasteiger partial charge on any atom is -1.00 e. The van der Waals surface area contributed by atoms with E-state index >= 15 is 0 Å². The summed E-state index contributed by atoms with van der Waals surface area (Å²) in [5.41, 5.74) is 0. The van der Waals surface area contributed by atoms with Crippen molar-refractivity contribution in [3.8, 4) is 0 Å². The number of nitrogens with zero attached hydrogens (tertiary/aromatic N) is 1. The molecule has 1 aromatic rings. The maximum Gasteiger partial charge on any atom is 1.00 e. The van der Waals surface area contributed by atoms with Crippen LogP contribution in [0.15, 0.2) is 6.07 Å². The molecule has 1 rings (SSSR count). The molecule has 3 N–H and O–H groups in total. The number of carboxylic acids is 1. The van der Waals surface area contributed by atoms with Crippen LogP contribution >= 0.6 is 24.4 Å². The molecular weight excluding hydrogens is 268 g/mol. The summed E-state index contributed by atoms with van der Waals surface area (Å²) in [5.74, 6) is -0.327. The van der Waals surface area contributed by atoms with Gasteiger partial charge in [-0.25, -0.2) is 0 Å². The monoisotopic (exact) mass is 279 g/mol. The summed E-state index contributed by atoms with van der Waals surface area (Å²) in [5, 5.41) is 8.57. The summed E-state index contributed by atoms with van der Waals surface area (Å²) in [4.78, 5) is 17.5. The Morgan fingerprint density at radius 3 is 2.50 bits per heavy atom. The van der Waals surface area contributed by atoms with Gasteiger partial charge >= 0.3 is 65.1 Å². The molecule has 0 aliphatic rings. The molecule has 1 heterocycles. The molecule has 80 valence electrons. The molecule has 16 heavy (non-hydrogen) atoms. The van der Waals surface area contributed by atoms with Gasteiger partial charge in [0, 0.05) is 13.1 Å². The van der Waals surface area contributed by atoms with Crippen LogP contribution in [0.3, 0.4) is 0 Å². The Balaban J connectivity index is -0.000000245. The molecule has 0 spiro atoms. The predicted molar refractivity (Wildman–Crippen MR) is 59.9 cm³/mol. The van der Waals surface area contributed by atoms with Crippen molar-refractivity contribution in [1.29, 1.82) is 0 Å². The third-order valence-electron chi connectivity index (χ3n) is 1.53. The van der Waals surface area contributed by atoms with E-state index in [1.165, 1.54) is 4.90 Å². The second-order valence-electron chi connectivity index (χ2n) is 2.72. The number of hydrogen-bond donors (Lipinski definition) is 3. The van der Waals surface area contributed by atoms with Gasteiger partial charge in [-0.2, -0.15) is 0 Å². The van der Waals surface area contributed by atoms with Gasteiger partial charge in [-0.3, -0.25) is 4.79 Å². The van der Waals surface area contributed by atoms with E-state index in [0.717, 1.165) is 0 Å². The van der Waals surface area contributed by atoms with Crippen LogP contribution in [0.25, 0.3) is 0 Å². The first-order valence-electron chi connectivity index (χ1n) is 3.75. The second kappa shape index (κ2) is 8.82. The van der Waals surface area contributed by atoms with Crippen LogP contribution in [-0.2, 0) is 4.79 Å². The van der Waals surface area contributed by atoms with Crippen molar-refractivity contribution in [3.05, 3.63) is 15.5 Å². The fourth-order valence-electron chi connectivity index (χ4n) is 0.949. The van der Waals surface area contributed by atoms with Gasteiger partial charge in [-0.05, 0) is 12.2 Å². The fourth-order valence-corrected chi connectivity index (χ4v) is 1.44. The zero-order valence-electron chi connectivity index (χ0n) is 11.4. The van der Waals surface area contributed by atoms with Crippen molar-refractivity contribution < 1.29 is 71.9 Å². The number of aromatic nitrogens is 2. The average Bonchev–Trinajstić information content (AvgIpc) is 2.00. The zero-order chi connectivity index (χ0) is 10.7. The Morgan fingerprint density at radius 2 is 2.06 bits per heavy atom. The number of hydrogen-bond acceptors (Lipinski definition) is 4. The van der Waals surface area contributed by atoms with Gasteiger partial charge in [0.05, 0.1) is 0 Å². The minimum atomic E-state index is -0.912. The van der Waals surface area contributed by atoms with Crippen LogP contribution in [0.2, 0.25) is 0 Å². The van der Waals surface area contributed by atoms with Crippen molar-refractivity contribution in [2.24, 2.45) is 0 Å². The molecule has 5 nitrogen and oxygen atoms in total. The molecule has 0 aliphatic heterocycles. The van der Waals surface area contributed by atoms with Gasteiger partial charge in [0.15, 0.2) is 4.77 Å². The zero-order valence-corrected chi connectivity index (χ0v) is 15.0. The number of nitrogens with one attached hydrogen (secondary N) is 2. The molecule has 0 radical (unpaired) electrons. The number of carboxylic acid groups (broad SMARTS) is 1. The Kier molecular flexibility index (Phi) is 10.5. The number of aliphatic carboxylic acids is 1. The van der Waals surface area contributed by atoms with Crippen molar-refractivity contribution in [2.75, 3.05) is 18.5 Å². The molecule has 0 bridgehead atoms. The standard InChI is InChI=1S/C7H9N3O2S2.2Na.2H/c1-10(3-6(11)12)4-2-5(13)9-7(14)8-4;;;;/h2H,3H2,1H3,(H,11,12)(H2,8,9,13,14);;;;/q;2*+1;2*-1. The Labute approximate surface area is 150 Å². The summed E-state index contributed by atoms with van der Waals surface area (Å²) in [6.07, 6.45) is 0. The van der Waals surface area contributed by atoms with Crippen molar-refractivity contribution >= 4 is 36.2 Å². The largest absolute Gasteiger partial charge is 1.00 e.